The van der Waals surface area contributed by atoms with Gasteiger partial charge in [0.15, 0.2) is 0 Å². The Labute approximate surface area is 473 Å². The summed E-state index contributed by atoms with van der Waals surface area (Å²) >= 11 is 0. The first kappa shape index (κ1) is 72.2. The first-order valence-corrected chi connectivity index (χ1v) is 31.4. The van der Waals surface area contributed by atoms with Crippen LogP contribution in [0, 0.1) is 0 Å². The highest BCUT2D eigenvalue weighted by Gasteiger charge is 2.21. The number of nitrogens with zero attached hydrogens (tertiary/aromatic N) is 5. The Morgan fingerprint density at radius 1 is 0.436 bits per heavy atom. The summed E-state index contributed by atoms with van der Waals surface area (Å²) in [6.45, 7) is 10.4. The second-order valence-electron chi connectivity index (χ2n) is 22.0. The number of unbranched alkanes of at least 4 members (excludes halogenated alkanes) is 30. The molecule has 1 saturated heterocycles. The lowest BCUT2D eigenvalue weighted by Gasteiger charge is -2.35. The first-order valence-electron chi connectivity index (χ1n) is 31.4. The molecule has 0 unspecified atom stereocenters. The molecule has 1 aliphatic rings. The highest BCUT2D eigenvalue weighted by molar-refractivity contribution is 5.92. The van der Waals surface area contributed by atoms with Gasteiger partial charge >= 0.3 is 5.97 Å². The predicted molar refractivity (Wildman–Crippen MR) is 305 cm³/mol. The number of ether oxygens (including phenoxy) is 2. The van der Waals surface area contributed by atoms with E-state index in [9.17, 15) is 44.1 Å². The number of hydrogen-bond donors (Lipinski definition) is 1. The number of carbonyl (C=O) groups excluding carboxylic acids is 6. The van der Waals surface area contributed by atoms with Crippen LogP contribution in [0.3, 0.4) is 0 Å². The molecule has 0 atom stereocenters. The molecule has 0 aromatic heterocycles. The van der Waals surface area contributed by atoms with Crippen LogP contribution in [-0.2, 0) is 38.2 Å². The molecule has 454 valence electrons. The van der Waals surface area contributed by atoms with E-state index < -0.39 is 49.4 Å². The largest absolute Gasteiger partial charge is 0.549 e. The molecule has 0 aromatic rings. The number of hydrogen-bond acceptors (Lipinski definition) is 15. The minimum absolute atomic E-state index is 0.000754. The molecular formula is C61H111N6O11-3. The summed E-state index contributed by atoms with van der Waals surface area (Å²) in [6.07, 6.45) is 41.7. The van der Waals surface area contributed by atoms with E-state index in [1.54, 1.807) is 19.6 Å². The number of nitrogens with one attached hydrogen (secondary N) is 1. The van der Waals surface area contributed by atoms with Gasteiger partial charge in [-0.25, -0.2) is 0 Å². The fourth-order valence-corrected chi connectivity index (χ4v) is 10.1. The fraction of sp³-hybridized carbons (Fsp3) is 0.869. The molecule has 0 radical (unpaired) electrons. The summed E-state index contributed by atoms with van der Waals surface area (Å²) in [4.78, 5) is 82.1. The molecule has 78 heavy (non-hydrogen) atoms. The van der Waals surface area contributed by atoms with Crippen LogP contribution in [0.25, 0.3) is 0 Å². The van der Waals surface area contributed by atoms with E-state index in [0.29, 0.717) is 0 Å². The van der Waals surface area contributed by atoms with Crippen LogP contribution in [-0.4, -0.2) is 172 Å². The number of carboxylic acid groups (broad SMARTS) is 3. The van der Waals surface area contributed by atoms with Gasteiger partial charge in [0.1, 0.15) is 6.61 Å². The summed E-state index contributed by atoms with van der Waals surface area (Å²) in [5, 5.41) is 37.2. The lowest BCUT2D eigenvalue weighted by molar-refractivity contribution is -0.308. The topological polar surface area (TPSA) is 218 Å². The van der Waals surface area contributed by atoms with Crippen molar-refractivity contribution in [1.29, 1.82) is 0 Å². The van der Waals surface area contributed by atoms with Crippen LogP contribution in [0.4, 0.5) is 0 Å². The SMILES string of the molecule is C=C(C(=O)NCCOCCOC(=O)CCC(=O)N(CCCCCCCCCCCCCCCCCC)CCCCCCCCCCCCCCCCCC)N1CCN(CC(=O)[O-])CCN(CC(=O)[O-])CCN(CC(=O)[O-])CC1. The molecule has 17 heteroatoms. The molecule has 0 aliphatic carbocycles. The van der Waals surface area contributed by atoms with Gasteiger partial charge in [0.2, 0.25) is 5.91 Å². The highest BCUT2D eigenvalue weighted by Crippen LogP contribution is 2.17. The number of aliphatic carboxylic acids is 3. The van der Waals surface area contributed by atoms with Crippen LogP contribution in [0.15, 0.2) is 12.3 Å². The van der Waals surface area contributed by atoms with Crippen molar-refractivity contribution in [2.24, 2.45) is 0 Å². The van der Waals surface area contributed by atoms with Crippen LogP contribution in [0.1, 0.15) is 232 Å². The Bertz CT molecular complexity index is 1490. The maximum atomic E-state index is 13.5. The quantitative estimate of drug-likeness (QED) is 0.0377. The number of esters is 1. The van der Waals surface area contributed by atoms with Gasteiger partial charge in [-0.1, -0.05) is 213 Å². The van der Waals surface area contributed by atoms with Gasteiger partial charge in [-0.3, -0.25) is 29.1 Å². The van der Waals surface area contributed by atoms with Crippen LogP contribution in [0.5, 0.6) is 0 Å². The van der Waals surface area contributed by atoms with E-state index in [-0.39, 0.29) is 103 Å². The van der Waals surface area contributed by atoms with Crippen molar-refractivity contribution in [3.63, 3.8) is 0 Å². The lowest BCUT2D eigenvalue weighted by Crippen LogP contribution is -2.51. The van der Waals surface area contributed by atoms with Gasteiger partial charge < -0.3 is 54.3 Å². The zero-order chi connectivity index (χ0) is 57.1. The molecule has 0 aromatic carbocycles. The second-order valence-corrected chi connectivity index (χ2v) is 22.0. The number of carbonyl (C=O) groups is 6. The molecule has 0 saturated carbocycles. The van der Waals surface area contributed by atoms with Crippen molar-refractivity contribution in [1.82, 2.24) is 29.8 Å². The smallest absolute Gasteiger partial charge is 0.306 e. The van der Waals surface area contributed by atoms with Crippen molar-refractivity contribution in [3.05, 3.63) is 12.3 Å². The van der Waals surface area contributed by atoms with Crippen molar-refractivity contribution in [2.75, 3.05) is 111 Å². The second kappa shape index (κ2) is 51.4. The molecule has 2 amide bonds. The normalized spacial score (nSPS) is 14.2. The summed E-state index contributed by atoms with van der Waals surface area (Å²) in [7, 11) is 0. The monoisotopic (exact) mass is 1100 g/mol. The molecule has 1 rings (SSSR count). The number of amides is 2. The Kier molecular flexibility index (Phi) is 47.5. The third-order valence-corrected chi connectivity index (χ3v) is 15.0. The van der Waals surface area contributed by atoms with Crippen molar-refractivity contribution >= 4 is 35.7 Å². The van der Waals surface area contributed by atoms with E-state index >= 15 is 0 Å². The van der Waals surface area contributed by atoms with Gasteiger partial charge in [-0.05, 0) is 12.8 Å². The average molecular weight is 1100 g/mol. The molecule has 0 bridgehead atoms. The molecule has 1 fully saturated rings. The van der Waals surface area contributed by atoms with Gasteiger partial charge in [0, 0.05) is 98.0 Å². The van der Waals surface area contributed by atoms with E-state index in [4.69, 9.17) is 9.47 Å². The van der Waals surface area contributed by atoms with E-state index in [2.05, 4.69) is 25.7 Å². The summed E-state index contributed by atoms with van der Waals surface area (Å²) in [5.41, 5.74) is 0.0875. The van der Waals surface area contributed by atoms with Gasteiger partial charge in [-0.2, -0.15) is 0 Å². The Hall–Kier alpha value is -3.80. The van der Waals surface area contributed by atoms with Crippen molar-refractivity contribution < 1.29 is 53.6 Å². The van der Waals surface area contributed by atoms with Gasteiger partial charge in [0.25, 0.3) is 5.91 Å². The summed E-state index contributed by atoms with van der Waals surface area (Å²) < 4.78 is 11.0. The van der Waals surface area contributed by atoms with Gasteiger partial charge in [-0.15, -0.1) is 0 Å². The van der Waals surface area contributed by atoms with Gasteiger partial charge in [0.05, 0.1) is 43.2 Å². The lowest BCUT2D eigenvalue weighted by atomic mass is 10.0. The number of rotatable bonds is 51. The Balaban J connectivity index is 2.50. The van der Waals surface area contributed by atoms with E-state index in [1.807, 2.05) is 4.90 Å². The third-order valence-electron chi connectivity index (χ3n) is 15.0. The summed E-state index contributed by atoms with van der Waals surface area (Å²) in [5.74, 6) is -4.89. The molecule has 17 nitrogen and oxygen atoms in total. The molecular weight excluding hydrogens is 993 g/mol. The standard InChI is InChI=1S/C61H114N6O11/c1-4-6-8-10-12-14-16-18-20-22-24-26-28-30-32-34-39-67(40-35-33-31-29-27-25-23-21-19-17-15-13-11-9-7-5-2)56(68)36-37-60(75)78-51-50-77-49-38-62-61(76)55(3)66-47-45-64(53-58(71)72)43-41-63(52-57(69)70)42-44-65(46-48-66)54-59(73)74/h3-54H2,1-2H3,(H,62,76)(H,69,70)(H,71,72)(H,73,74)/p-3. The van der Waals surface area contributed by atoms with Crippen LogP contribution < -0.4 is 20.6 Å². The van der Waals surface area contributed by atoms with Crippen molar-refractivity contribution in [2.45, 2.75) is 232 Å². The highest BCUT2D eigenvalue weighted by atomic mass is 16.6. The molecule has 1 N–H and O–H groups in total. The minimum Gasteiger partial charge on any atom is -0.549 e. The van der Waals surface area contributed by atoms with Crippen molar-refractivity contribution in [3.8, 4) is 0 Å². The zero-order valence-corrected chi connectivity index (χ0v) is 49.5. The fourth-order valence-electron chi connectivity index (χ4n) is 10.1. The minimum atomic E-state index is -1.31. The van der Waals surface area contributed by atoms with Crippen LogP contribution in [0.2, 0.25) is 0 Å². The summed E-state index contributed by atoms with van der Waals surface area (Å²) in [6, 6.07) is 0. The van der Waals surface area contributed by atoms with Crippen LogP contribution >= 0.6 is 0 Å². The third kappa shape index (κ3) is 44.0. The first-order chi connectivity index (χ1) is 37.9. The zero-order valence-electron chi connectivity index (χ0n) is 49.5. The maximum absolute atomic E-state index is 13.5. The van der Waals surface area contributed by atoms with E-state index in [0.717, 1.165) is 38.8 Å². The molecule has 0 spiro atoms. The Morgan fingerprint density at radius 2 is 0.756 bits per heavy atom. The maximum Gasteiger partial charge on any atom is 0.306 e. The number of carboxylic acids is 3. The predicted octanol–water partition coefficient (Wildman–Crippen LogP) is 6.78. The van der Waals surface area contributed by atoms with E-state index in [1.165, 1.54) is 180 Å². The average Bonchev–Trinajstić information content (AvgIpc) is 3.40. The molecule has 1 aliphatic heterocycles. The molecule has 1 heterocycles. The Morgan fingerprint density at radius 3 is 1.09 bits per heavy atom.